The standard InChI is InChI=1S/C15H12O5S/c1-10-6-11(8-16)15(12(7-10)9-17)20-13-2-4-14(5-3-13)21(18)19/h2-9H,1H3,(H,18,19). The zero-order valence-electron chi connectivity index (χ0n) is 11.1. The van der Waals surface area contributed by atoms with Crippen LogP contribution in [0.5, 0.6) is 11.5 Å². The molecule has 0 bridgehead atoms. The number of benzene rings is 2. The van der Waals surface area contributed by atoms with Gasteiger partial charge in [-0.05, 0) is 48.9 Å². The second-order valence-corrected chi connectivity index (χ2v) is 5.30. The fourth-order valence-electron chi connectivity index (χ4n) is 1.86. The number of aryl methyl sites for hydroxylation is 1. The lowest BCUT2D eigenvalue weighted by Crippen LogP contribution is -1.97. The van der Waals surface area contributed by atoms with E-state index in [4.69, 9.17) is 9.29 Å². The Hall–Kier alpha value is -2.31. The highest BCUT2D eigenvalue weighted by Crippen LogP contribution is 2.29. The van der Waals surface area contributed by atoms with Crippen LogP contribution < -0.4 is 4.74 Å². The van der Waals surface area contributed by atoms with Gasteiger partial charge < -0.3 is 9.29 Å². The molecule has 0 aliphatic rings. The molecule has 108 valence electrons. The van der Waals surface area contributed by atoms with E-state index in [9.17, 15) is 13.8 Å². The molecule has 5 nitrogen and oxygen atoms in total. The van der Waals surface area contributed by atoms with E-state index in [1.807, 2.05) is 0 Å². The van der Waals surface area contributed by atoms with Gasteiger partial charge in [-0.2, -0.15) is 0 Å². The molecular weight excluding hydrogens is 292 g/mol. The minimum Gasteiger partial charge on any atom is -0.456 e. The highest BCUT2D eigenvalue weighted by atomic mass is 32.2. The molecule has 6 heteroatoms. The van der Waals surface area contributed by atoms with Crippen molar-refractivity contribution in [1.82, 2.24) is 0 Å². The number of hydrogen-bond donors (Lipinski definition) is 1. The molecule has 2 rings (SSSR count). The van der Waals surface area contributed by atoms with Gasteiger partial charge in [0, 0.05) is 0 Å². The van der Waals surface area contributed by atoms with Crippen LogP contribution >= 0.6 is 0 Å². The summed E-state index contributed by atoms with van der Waals surface area (Å²) < 4.78 is 25.4. The Morgan fingerprint density at radius 3 is 2.00 bits per heavy atom. The summed E-state index contributed by atoms with van der Waals surface area (Å²) in [5.74, 6) is 0.530. The molecule has 1 unspecified atom stereocenters. The predicted molar refractivity (Wildman–Crippen MR) is 77.5 cm³/mol. The zero-order chi connectivity index (χ0) is 15.4. The first-order valence-corrected chi connectivity index (χ1v) is 7.09. The summed E-state index contributed by atoms with van der Waals surface area (Å²) in [7, 11) is 0. The summed E-state index contributed by atoms with van der Waals surface area (Å²) >= 11 is -2.07. The molecule has 0 fully saturated rings. The molecule has 0 saturated heterocycles. The van der Waals surface area contributed by atoms with Gasteiger partial charge >= 0.3 is 0 Å². The Morgan fingerprint density at radius 2 is 1.57 bits per heavy atom. The molecule has 0 aliphatic carbocycles. The molecule has 21 heavy (non-hydrogen) atoms. The number of ether oxygens (including phenoxy) is 1. The lowest BCUT2D eigenvalue weighted by Gasteiger charge is -2.11. The summed E-state index contributed by atoms with van der Waals surface area (Å²) in [4.78, 5) is 22.5. The Kier molecular flexibility index (Phi) is 4.62. The van der Waals surface area contributed by atoms with Crippen molar-refractivity contribution in [2.75, 3.05) is 0 Å². The van der Waals surface area contributed by atoms with Gasteiger partial charge in [0.25, 0.3) is 0 Å². The van der Waals surface area contributed by atoms with Crippen LogP contribution in [-0.4, -0.2) is 21.3 Å². The monoisotopic (exact) mass is 304 g/mol. The Morgan fingerprint density at radius 1 is 1.05 bits per heavy atom. The average molecular weight is 304 g/mol. The molecule has 1 N–H and O–H groups in total. The summed E-state index contributed by atoms with van der Waals surface area (Å²) in [6.07, 6.45) is 1.24. The average Bonchev–Trinajstić information content (AvgIpc) is 2.48. The Balaban J connectivity index is 2.40. The minimum atomic E-state index is -2.07. The van der Waals surface area contributed by atoms with Gasteiger partial charge in [0.15, 0.2) is 23.7 Å². The molecular formula is C15H12O5S. The van der Waals surface area contributed by atoms with E-state index >= 15 is 0 Å². The molecule has 0 amide bonds. The Labute approximate surface area is 123 Å². The van der Waals surface area contributed by atoms with Crippen LogP contribution in [0.1, 0.15) is 26.3 Å². The van der Waals surface area contributed by atoms with Crippen molar-refractivity contribution < 1.29 is 23.1 Å². The first-order chi connectivity index (χ1) is 10.0. The van der Waals surface area contributed by atoms with Crippen molar-refractivity contribution in [1.29, 1.82) is 0 Å². The maximum Gasteiger partial charge on any atom is 0.186 e. The second kappa shape index (κ2) is 6.43. The van der Waals surface area contributed by atoms with Crippen LogP contribution in [0.15, 0.2) is 41.3 Å². The third-order valence-corrected chi connectivity index (χ3v) is 3.47. The lowest BCUT2D eigenvalue weighted by molar-refractivity contribution is 0.112. The predicted octanol–water partition coefficient (Wildman–Crippen LogP) is 2.99. The normalized spacial score (nSPS) is 11.7. The summed E-state index contributed by atoms with van der Waals surface area (Å²) in [6, 6.07) is 9.08. The van der Waals surface area contributed by atoms with Crippen molar-refractivity contribution in [3.63, 3.8) is 0 Å². The van der Waals surface area contributed by atoms with E-state index in [1.54, 1.807) is 19.1 Å². The minimum absolute atomic E-state index is 0.170. The molecule has 0 heterocycles. The van der Waals surface area contributed by atoms with Gasteiger partial charge in [-0.3, -0.25) is 9.59 Å². The third-order valence-electron chi connectivity index (χ3n) is 2.79. The quantitative estimate of drug-likeness (QED) is 0.678. The van der Waals surface area contributed by atoms with Crippen molar-refractivity contribution in [3.8, 4) is 11.5 Å². The van der Waals surface area contributed by atoms with Gasteiger partial charge in [-0.1, -0.05) is 0 Å². The van der Waals surface area contributed by atoms with Gasteiger partial charge in [0.2, 0.25) is 0 Å². The van der Waals surface area contributed by atoms with E-state index in [1.165, 1.54) is 24.3 Å². The number of carbonyl (C=O) groups is 2. The van der Waals surface area contributed by atoms with Gasteiger partial charge in [0.1, 0.15) is 11.5 Å². The van der Waals surface area contributed by atoms with Crippen LogP contribution in [0.2, 0.25) is 0 Å². The number of rotatable bonds is 5. The van der Waals surface area contributed by atoms with Crippen LogP contribution in [0.25, 0.3) is 0 Å². The molecule has 0 aromatic heterocycles. The lowest BCUT2D eigenvalue weighted by atomic mass is 10.1. The molecule has 0 radical (unpaired) electrons. The van der Waals surface area contributed by atoms with Crippen molar-refractivity contribution >= 4 is 23.7 Å². The summed E-state index contributed by atoms with van der Waals surface area (Å²) in [6.45, 7) is 1.77. The largest absolute Gasteiger partial charge is 0.456 e. The zero-order valence-corrected chi connectivity index (χ0v) is 11.9. The van der Waals surface area contributed by atoms with Crippen LogP contribution in [-0.2, 0) is 11.1 Å². The number of carbonyl (C=O) groups excluding carboxylic acids is 2. The van der Waals surface area contributed by atoms with Gasteiger partial charge in [0.05, 0.1) is 16.0 Å². The van der Waals surface area contributed by atoms with Crippen molar-refractivity contribution in [2.24, 2.45) is 0 Å². The fourth-order valence-corrected chi connectivity index (χ4v) is 2.23. The molecule has 2 aromatic carbocycles. The SMILES string of the molecule is Cc1cc(C=O)c(Oc2ccc(S(=O)O)cc2)c(C=O)c1. The van der Waals surface area contributed by atoms with E-state index < -0.39 is 11.1 Å². The first kappa shape index (κ1) is 15.1. The van der Waals surface area contributed by atoms with Crippen LogP contribution in [0.4, 0.5) is 0 Å². The highest BCUT2D eigenvalue weighted by Gasteiger charge is 2.12. The van der Waals surface area contributed by atoms with Gasteiger partial charge in [-0.15, -0.1) is 0 Å². The van der Waals surface area contributed by atoms with E-state index in [-0.39, 0.29) is 21.8 Å². The maximum absolute atomic E-state index is 11.1. The Bertz CT molecular complexity index is 677. The van der Waals surface area contributed by atoms with Crippen molar-refractivity contribution in [2.45, 2.75) is 11.8 Å². The van der Waals surface area contributed by atoms with Crippen LogP contribution in [0.3, 0.4) is 0 Å². The maximum atomic E-state index is 11.1. The van der Waals surface area contributed by atoms with E-state index in [0.717, 1.165) is 5.56 Å². The number of aldehydes is 2. The fraction of sp³-hybridized carbons (Fsp3) is 0.0667. The second-order valence-electron chi connectivity index (χ2n) is 4.33. The van der Waals surface area contributed by atoms with Crippen LogP contribution in [0, 0.1) is 6.92 Å². The molecule has 0 saturated carbocycles. The summed E-state index contributed by atoms with van der Waals surface area (Å²) in [5, 5.41) is 0. The molecule has 0 aliphatic heterocycles. The topological polar surface area (TPSA) is 80.7 Å². The van der Waals surface area contributed by atoms with E-state index in [0.29, 0.717) is 18.3 Å². The molecule has 2 aromatic rings. The third kappa shape index (κ3) is 3.42. The molecule has 0 spiro atoms. The first-order valence-electron chi connectivity index (χ1n) is 5.99. The van der Waals surface area contributed by atoms with E-state index in [2.05, 4.69) is 0 Å². The molecule has 1 atom stereocenters. The smallest absolute Gasteiger partial charge is 0.186 e. The highest BCUT2D eigenvalue weighted by molar-refractivity contribution is 7.79. The summed E-state index contributed by atoms with van der Waals surface area (Å²) in [5.41, 5.74) is 1.32. The number of hydrogen-bond acceptors (Lipinski definition) is 4. The van der Waals surface area contributed by atoms with Gasteiger partial charge in [-0.25, -0.2) is 4.21 Å². The van der Waals surface area contributed by atoms with Crippen molar-refractivity contribution in [3.05, 3.63) is 53.1 Å².